The van der Waals surface area contributed by atoms with Gasteiger partial charge in [0.2, 0.25) is 0 Å². The largest absolute Gasteiger partial charge is 0.390 e. The van der Waals surface area contributed by atoms with E-state index < -0.39 is 24.6 Å². The van der Waals surface area contributed by atoms with Crippen molar-refractivity contribution < 1.29 is 19.7 Å². The summed E-state index contributed by atoms with van der Waals surface area (Å²) in [5.74, 6) is 0. The van der Waals surface area contributed by atoms with Gasteiger partial charge in [0.25, 0.3) is 0 Å². The van der Waals surface area contributed by atoms with Crippen molar-refractivity contribution in [3.05, 3.63) is 71.8 Å². The number of hydrogen-bond donors (Lipinski definition) is 3. The molecule has 1 aliphatic rings. The summed E-state index contributed by atoms with van der Waals surface area (Å²) < 4.78 is 11.6. The predicted molar refractivity (Wildman–Crippen MR) is 94.7 cm³/mol. The van der Waals surface area contributed by atoms with Gasteiger partial charge in [-0.05, 0) is 11.1 Å². The molecule has 0 unspecified atom stereocenters. The summed E-state index contributed by atoms with van der Waals surface area (Å²) in [6.07, 6.45) is -2.53. The molecule has 2 aromatic carbocycles. The van der Waals surface area contributed by atoms with Crippen LogP contribution in [-0.4, -0.2) is 41.4 Å². The first kappa shape index (κ1) is 18.0. The average Bonchev–Trinajstić information content (AvgIpc) is 2.65. The van der Waals surface area contributed by atoms with Gasteiger partial charge in [0.15, 0.2) is 6.29 Å². The van der Waals surface area contributed by atoms with E-state index in [2.05, 4.69) is 5.32 Å². The van der Waals surface area contributed by atoms with Crippen molar-refractivity contribution in [2.45, 2.75) is 44.2 Å². The SMILES string of the molecule is O[C@H]1[C@H](O)C[C@H](OCc2ccccc2)O[C@@H]1CNCc1ccccc1. The van der Waals surface area contributed by atoms with E-state index in [1.807, 2.05) is 60.7 Å². The maximum absolute atomic E-state index is 10.2. The van der Waals surface area contributed by atoms with Crippen LogP contribution in [0.15, 0.2) is 60.7 Å². The zero-order chi connectivity index (χ0) is 17.5. The average molecular weight is 343 g/mol. The van der Waals surface area contributed by atoms with E-state index in [1.165, 1.54) is 0 Å². The molecule has 0 bridgehead atoms. The number of ether oxygens (including phenoxy) is 2. The van der Waals surface area contributed by atoms with Crippen molar-refractivity contribution >= 4 is 0 Å². The molecular formula is C20H25NO4. The van der Waals surface area contributed by atoms with Crippen molar-refractivity contribution in [2.75, 3.05) is 6.54 Å². The summed E-state index contributed by atoms with van der Waals surface area (Å²) in [7, 11) is 0. The third-order valence-electron chi connectivity index (χ3n) is 4.33. The van der Waals surface area contributed by atoms with Crippen molar-refractivity contribution in [3.63, 3.8) is 0 Å². The fourth-order valence-electron chi connectivity index (χ4n) is 2.91. The van der Waals surface area contributed by atoms with Crippen molar-refractivity contribution in [3.8, 4) is 0 Å². The molecule has 0 aromatic heterocycles. The molecule has 1 saturated heterocycles. The third kappa shape index (κ3) is 5.36. The molecule has 0 saturated carbocycles. The molecule has 3 rings (SSSR count). The van der Waals surface area contributed by atoms with Gasteiger partial charge in [-0.15, -0.1) is 0 Å². The number of benzene rings is 2. The minimum absolute atomic E-state index is 0.267. The van der Waals surface area contributed by atoms with E-state index in [4.69, 9.17) is 9.47 Å². The number of nitrogens with one attached hydrogen (secondary N) is 1. The molecule has 0 aliphatic carbocycles. The first-order chi connectivity index (χ1) is 12.2. The molecule has 1 heterocycles. The molecule has 0 radical (unpaired) electrons. The number of hydrogen-bond acceptors (Lipinski definition) is 5. The smallest absolute Gasteiger partial charge is 0.161 e. The van der Waals surface area contributed by atoms with Crippen LogP contribution in [0.1, 0.15) is 17.5 Å². The minimum Gasteiger partial charge on any atom is -0.390 e. The maximum Gasteiger partial charge on any atom is 0.161 e. The summed E-state index contributed by atoms with van der Waals surface area (Å²) in [6, 6.07) is 19.8. The van der Waals surface area contributed by atoms with Gasteiger partial charge < -0.3 is 25.0 Å². The van der Waals surface area contributed by atoms with Crippen molar-refractivity contribution in [2.24, 2.45) is 0 Å². The first-order valence-corrected chi connectivity index (χ1v) is 8.64. The van der Waals surface area contributed by atoms with E-state index in [0.717, 1.165) is 11.1 Å². The monoisotopic (exact) mass is 343 g/mol. The lowest BCUT2D eigenvalue weighted by Gasteiger charge is -2.37. The highest BCUT2D eigenvalue weighted by molar-refractivity contribution is 5.14. The van der Waals surface area contributed by atoms with Crippen LogP contribution in [0, 0.1) is 0 Å². The van der Waals surface area contributed by atoms with Crippen LogP contribution in [0.25, 0.3) is 0 Å². The summed E-state index contributed by atoms with van der Waals surface area (Å²) in [4.78, 5) is 0. The molecule has 1 aliphatic heterocycles. The first-order valence-electron chi connectivity index (χ1n) is 8.64. The molecule has 0 amide bonds. The number of rotatable bonds is 7. The summed E-state index contributed by atoms with van der Waals surface area (Å²) in [5, 5.41) is 23.5. The highest BCUT2D eigenvalue weighted by atomic mass is 16.7. The molecule has 5 nitrogen and oxygen atoms in total. The maximum atomic E-state index is 10.2. The summed E-state index contributed by atoms with van der Waals surface area (Å²) in [5.41, 5.74) is 2.20. The van der Waals surface area contributed by atoms with Crippen molar-refractivity contribution in [1.29, 1.82) is 0 Å². The second-order valence-corrected chi connectivity index (χ2v) is 6.31. The second kappa shape index (κ2) is 9.08. The quantitative estimate of drug-likeness (QED) is 0.715. The Hall–Kier alpha value is -1.76. The molecule has 4 atom stereocenters. The second-order valence-electron chi connectivity index (χ2n) is 6.31. The van der Waals surface area contributed by atoms with E-state index in [0.29, 0.717) is 19.7 Å². The predicted octanol–water partition coefficient (Wildman–Crippen LogP) is 1.83. The van der Waals surface area contributed by atoms with Crippen LogP contribution < -0.4 is 5.32 Å². The van der Waals surface area contributed by atoms with E-state index in [-0.39, 0.29) is 6.42 Å². The van der Waals surface area contributed by atoms with Crippen molar-refractivity contribution in [1.82, 2.24) is 5.32 Å². The molecule has 25 heavy (non-hydrogen) atoms. The Balaban J connectivity index is 1.48. The summed E-state index contributed by atoms with van der Waals surface area (Å²) in [6.45, 7) is 1.54. The Morgan fingerprint density at radius 2 is 1.60 bits per heavy atom. The highest BCUT2D eigenvalue weighted by Crippen LogP contribution is 2.22. The van der Waals surface area contributed by atoms with Crippen LogP contribution in [0.3, 0.4) is 0 Å². The Morgan fingerprint density at radius 3 is 2.28 bits per heavy atom. The van der Waals surface area contributed by atoms with E-state index in [1.54, 1.807) is 0 Å². The van der Waals surface area contributed by atoms with E-state index >= 15 is 0 Å². The van der Waals surface area contributed by atoms with Crippen LogP contribution in [0.4, 0.5) is 0 Å². The lowest BCUT2D eigenvalue weighted by Crippen LogP contribution is -2.52. The zero-order valence-corrected chi connectivity index (χ0v) is 14.1. The van der Waals surface area contributed by atoms with Crippen LogP contribution in [0.2, 0.25) is 0 Å². The molecule has 3 N–H and O–H groups in total. The fraction of sp³-hybridized carbons (Fsp3) is 0.400. The van der Waals surface area contributed by atoms with Gasteiger partial charge in [0, 0.05) is 19.5 Å². The molecular weight excluding hydrogens is 318 g/mol. The molecule has 134 valence electrons. The Bertz CT molecular complexity index is 622. The summed E-state index contributed by atoms with van der Waals surface area (Å²) >= 11 is 0. The van der Waals surface area contributed by atoms with Gasteiger partial charge >= 0.3 is 0 Å². The molecule has 5 heteroatoms. The zero-order valence-electron chi connectivity index (χ0n) is 14.1. The number of aliphatic hydroxyl groups is 2. The van der Waals surface area contributed by atoms with E-state index in [9.17, 15) is 10.2 Å². The highest BCUT2D eigenvalue weighted by Gasteiger charge is 2.36. The Kier molecular flexibility index (Phi) is 6.55. The van der Waals surface area contributed by atoms with Crippen LogP contribution >= 0.6 is 0 Å². The normalized spacial score (nSPS) is 26.5. The standard InChI is InChI=1S/C20H25NO4/c22-17-11-19(24-14-16-9-5-2-6-10-16)25-18(20(17)23)13-21-12-15-7-3-1-4-8-15/h1-10,17-23H,11-14H2/t17-,18-,19-,20+/m1/s1. The van der Waals surface area contributed by atoms with Gasteiger partial charge in [-0.3, -0.25) is 0 Å². The van der Waals surface area contributed by atoms with Gasteiger partial charge in [0.05, 0.1) is 12.7 Å². The minimum atomic E-state index is -0.917. The molecule has 1 fully saturated rings. The molecule has 0 spiro atoms. The lowest BCUT2D eigenvalue weighted by molar-refractivity contribution is -0.252. The Labute approximate surface area is 148 Å². The lowest BCUT2D eigenvalue weighted by atomic mass is 10.0. The van der Waals surface area contributed by atoms with Crippen LogP contribution in [0.5, 0.6) is 0 Å². The van der Waals surface area contributed by atoms with Gasteiger partial charge in [0.1, 0.15) is 12.2 Å². The fourth-order valence-corrected chi connectivity index (χ4v) is 2.91. The third-order valence-corrected chi connectivity index (χ3v) is 4.33. The van der Waals surface area contributed by atoms with Gasteiger partial charge in [-0.25, -0.2) is 0 Å². The number of aliphatic hydroxyl groups excluding tert-OH is 2. The topological polar surface area (TPSA) is 71.0 Å². The van der Waals surface area contributed by atoms with Gasteiger partial charge in [-0.1, -0.05) is 60.7 Å². The van der Waals surface area contributed by atoms with Crippen LogP contribution in [-0.2, 0) is 22.6 Å². The Morgan fingerprint density at radius 1 is 0.960 bits per heavy atom. The van der Waals surface area contributed by atoms with Gasteiger partial charge in [-0.2, -0.15) is 0 Å². The molecule has 2 aromatic rings.